The number of rotatable bonds is 18. The van der Waals surface area contributed by atoms with Gasteiger partial charge >= 0.3 is 0 Å². The topological polar surface area (TPSA) is 46.1 Å². The molecule has 0 aliphatic rings. The lowest BCUT2D eigenvalue weighted by atomic mass is 10.1. The lowest BCUT2D eigenvalue weighted by molar-refractivity contribution is 0.524. The molecule has 4 nitrogen and oxygen atoms in total. The van der Waals surface area contributed by atoms with Crippen molar-refractivity contribution >= 4 is 24.8 Å². The molecule has 0 saturated heterocycles. The molecular formula is C28H48Cl2N4. The number of halogens is 2. The second-order valence-electron chi connectivity index (χ2n) is 9.10. The first-order valence-corrected chi connectivity index (χ1v) is 13.2. The largest absolute Gasteiger partial charge is 0.354 e. The number of unbranched alkanes of at least 4 members (excludes halogenated alkanes) is 12. The second-order valence-corrected chi connectivity index (χ2v) is 9.10. The van der Waals surface area contributed by atoms with Crippen molar-refractivity contribution in [2.24, 2.45) is 4.99 Å². The van der Waals surface area contributed by atoms with Crippen molar-refractivity contribution in [3.8, 4) is 0 Å². The summed E-state index contributed by atoms with van der Waals surface area (Å²) >= 11 is 0. The molecule has 194 valence electrons. The number of aryl methyl sites for hydroxylation is 2. The summed E-state index contributed by atoms with van der Waals surface area (Å²) in [4.78, 5) is 4.71. The van der Waals surface area contributed by atoms with E-state index in [1.807, 2.05) is 24.5 Å². The Morgan fingerprint density at radius 1 is 0.588 bits per heavy atom. The highest BCUT2D eigenvalue weighted by molar-refractivity contribution is 5.85. The third kappa shape index (κ3) is 16.2. The van der Waals surface area contributed by atoms with E-state index in [1.54, 1.807) is 0 Å². The lowest BCUT2D eigenvalue weighted by Crippen LogP contribution is -2.06. The zero-order valence-corrected chi connectivity index (χ0v) is 22.9. The van der Waals surface area contributed by atoms with Gasteiger partial charge in [-0.15, -0.1) is 24.8 Å². The molecule has 1 N–H and O–H groups in total. The van der Waals surface area contributed by atoms with E-state index in [2.05, 4.69) is 40.6 Å². The molecule has 0 amide bonds. The second kappa shape index (κ2) is 22.0. The maximum atomic E-state index is 7.52. The van der Waals surface area contributed by atoms with E-state index < -0.39 is 0 Å². The standard InChI is InChI=1S/C28H46N4.2ClH/c1-2-3-4-5-10-13-20-30-28-18-25-32(26-19-28)22-15-12-9-7-6-8-11-14-21-31-23-16-27(29)17-24-31;;/h16-19,23-26,29H,2-15,20-22H2,1H3;2*1H. The van der Waals surface area contributed by atoms with Crippen molar-refractivity contribution in [2.45, 2.75) is 110 Å². The molecule has 0 radical (unpaired) electrons. The molecule has 6 heteroatoms. The highest BCUT2D eigenvalue weighted by Gasteiger charge is 1.95. The van der Waals surface area contributed by atoms with Crippen molar-refractivity contribution in [2.75, 3.05) is 6.54 Å². The van der Waals surface area contributed by atoms with Crippen LogP contribution in [0.2, 0.25) is 0 Å². The number of pyridine rings is 2. The third-order valence-corrected chi connectivity index (χ3v) is 6.15. The Hall–Kier alpha value is -1.52. The van der Waals surface area contributed by atoms with Gasteiger partial charge < -0.3 is 14.5 Å². The molecule has 0 aromatic carbocycles. The molecule has 0 spiro atoms. The van der Waals surface area contributed by atoms with Crippen LogP contribution in [0.3, 0.4) is 0 Å². The van der Waals surface area contributed by atoms with Crippen LogP contribution in [0.5, 0.6) is 0 Å². The van der Waals surface area contributed by atoms with E-state index >= 15 is 0 Å². The van der Waals surface area contributed by atoms with E-state index in [-0.39, 0.29) is 24.8 Å². The molecule has 0 saturated carbocycles. The molecular weight excluding hydrogens is 463 g/mol. The van der Waals surface area contributed by atoms with E-state index in [0.717, 1.165) is 25.0 Å². The van der Waals surface area contributed by atoms with Gasteiger partial charge in [0.05, 0.1) is 10.7 Å². The molecule has 0 atom stereocenters. The van der Waals surface area contributed by atoms with Gasteiger partial charge in [0, 0.05) is 44.4 Å². The van der Waals surface area contributed by atoms with Gasteiger partial charge in [-0.3, -0.25) is 4.99 Å². The van der Waals surface area contributed by atoms with Crippen LogP contribution in [0.25, 0.3) is 0 Å². The average molecular weight is 512 g/mol. The van der Waals surface area contributed by atoms with E-state index in [1.165, 1.54) is 89.9 Å². The highest BCUT2D eigenvalue weighted by Crippen LogP contribution is 2.10. The van der Waals surface area contributed by atoms with Gasteiger partial charge in [-0.1, -0.05) is 77.6 Å². The molecule has 2 aromatic heterocycles. The van der Waals surface area contributed by atoms with Gasteiger partial charge in [-0.2, -0.15) is 0 Å². The maximum Gasteiger partial charge on any atom is 0.0603 e. The Morgan fingerprint density at radius 3 is 1.50 bits per heavy atom. The van der Waals surface area contributed by atoms with Gasteiger partial charge in [-0.25, -0.2) is 0 Å². The monoisotopic (exact) mass is 510 g/mol. The molecule has 2 aromatic rings. The molecule has 0 bridgehead atoms. The summed E-state index contributed by atoms with van der Waals surface area (Å²) in [7, 11) is 0. The zero-order chi connectivity index (χ0) is 22.7. The minimum Gasteiger partial charge on any atom is -0.354 e. The summed E-state index contributed by atoms with van der Waals surface area (Å²) in [6, 6.07) is 8.05. The van der Waals surface area contributed by atoms with Crippen LogP contribution < -0.4 is 10.7 Å². The number of nitrogens with zero attached hydrogens (tertiary/aromatic N) is 3. The van der Waals surface area contributed by atoms with Crippen molar-refractivity contribution < 1.29 is 0 Å². The Morgan fingerprint density at radius 2 is 1.00 bits per heavy atom. The van der Waals surface area contributed by atoms with E-state index in [0.29, 0.717) is 5.36 Å². The molecule has 0 aliphatic carbocycles. The van der Waals surface area contributed by atoms with Crippen LogP contribution in [0.1, 0.15) is 96.8 Å². The SMILES string of the molecule is CCCCCCCCN=c1ccn(CCCCCCCCCCn2ccc(=N)cc2)cc1.Cl.Cl. The maximum absolute atomic E-state index is 7.52. The van der Waals surface area contributed by atoms with E-state index in [4.69, 9.17) is 10.4 Å². The molecule has 2 rings (SSSR count). The Balaban J connectivity index is 0.00000544. The Kier molecular flexibility index (Phi) is 21.0. The van der Waals surface area contributed by atoms with Crippen LogP contribution in [0, 0.1) is 5.41 Å². The first-order chi connectivity index (χ1) is 15.8. The number of hydrogen-bond donors (Lipinski definition) is 1. The summed E-state index contributed by atoms with van der Waals surface area (Å²) in [5, 5.41) is 9.23. The summed E-state index contributed by atoms with van der Waals surface area (Å²) in [5.41, 5.74) is 0. The van der Waals surface area contributed by atoms with Gasteiger partial charge in [0.25, 0.3) is 0 Å². The van der Waals surface area contributed by atoms with Crippen LogP contribution in [0.15, 0.2) is 54.0 Å². The summed E-state index contributed by atoms with van der Waals surface area (Å²) in [6.07, 6.45) is 26.9. The molecule has 0 fully saturated rings. The van der Waals surface area contributed by atoms with Crippen LogP contribution in [-0.4, -0.2) is 15.7 Å². The zero-order valence-electron chi connectivity index (χ0n) is 21.3. The summed E-state index contributed by atoms with van der Waals surface area (Å²) in [6.45, 7) is 5.42. The van der Waals surface area contributed by atoms with Gasteiger partial charge in [0.15, 0.2) is 0 Å². The van der Waals surface area contributed by atoms with Crippen LogP contribution >= 0.6 is 24.8 Å². The smallest absolute Gasteiger partial charge is 0.0603 e. The molecule has 34 heavy (non-hydrogen) atoms. The molecule has 0 unspecified atom stereocenters. The number of aromatic nitrogens is 2. The van der Waals surface area contributed by atoms with E-state index in [9.17, 15) is 0 Å². The van der Waals surface area contributed by atoms with Crippen LogP contribution in [0.4, 0.5) is 0 Å². The quantitative estimate of drug-likeness (QED) is 0.199. The van der Waals surface area contributed by atoms with Crippen molar-refractivity contribution in [1.82, 2.24) is 9.13 Å². The van der Waals surface area contributed by atoms with Gasteiger partial charge in [-0.05, 0) is 43.5 Å². The first kappa shape index (κ1) is 32.5. The number of nitrogens with one attached hydrogen (secondary N) is 1. The van der Waals surface area contributed by atoms with Crippen molar-refractivity contribution in [3.05, 3.63) is 59.8 Å². The van der Waals surface area contributed by atoms with Crippen molar-refractivity contribution in [1.29, 1.82) is 5.41 Å². The summed E-state index contributed by atoms with van der Waals surface area (Å²) < 4.78 is 4.49. The fourth-order valence-corrected chi connectivity index (χ4v) is 4.06. The number of hydrogen-bond acceptors (Lipinski definition) is 2. The minimum atomic E-state index is 0. The predicted octanol–water partition coefficient (Wildman–Crippen LogP) is 7.69. The first-order valence-electron chi connectivity index (χ1n) is 13.2. The van der Waals surface area contributed by atoms with Gasteiger partial charge in [0.1, 0.15) is 0 Å². The van der Waals surface area contributed by atoms with Gasteiger partial charge in [0.2, 0.25) is 0 Å². The fourth-order valence-electron chi connectivity index (χ4n) is 4.06. The lowest BCUT2D eigenvalue weighted by Gasteiger charge is -2.07. The molecule has 2 heterocycles. The fraction of sp³-hybridized carbons (Fsp3) is 0.643. The molecule has 0 aliphatic heterocycles. The Bertz CT molecular complexity index is 804. The predicted molar refractivity (Wildman–Crippen MR) is 150 cm³/mol. The third-order valence-electron chi connectivity index (χ3n) is 6.15. The van der Waals surface area contributed by atoms with Crippen molar-refractivity contribution in [3.63, 3.8) is 0 Å². The normalized spacial score (nSPS) is 10.4. The highest BCUT2D eigenvalue weighted by atomic mass is 35.5. The Labute approximate surface area is 220 Å². The minimum absolute atomic E-state index is 0. The van der Waals surface area contributed by atoms with Crippen LogP contribution in [-0.2, 0) is 13.1 Å². The summed E-state index contributed by atoms with van der Waals surface area (Å²) in [5.74, 6) is 0. The average Bonchev–Trinajstić information content (AvgIpc) is 2.82.